The molecular weight excluding hydrogens is 486 g/mol. The van der Waals surface area contributed by atoms with Crippen LogP contribution >= 0.6 is 11.6 Å². The fourth-order valence-electron chi connectivity index (χ4n) is 5.33. The third-order valence-corrected chi connectivity index (χ3v) is 7.72. The van der Waals surface area contributed by atoms with E-state index in [1.165, 1.54) is 16.5 Å². The Kier molecular flexibility index (Phi) is 8.34. The lowest BCUT2D eigenvalue weighted by Gasteiger charge is -2.36. The van der Waals surface area contributed by atoms with E-state index < -0.39 is 0 Å². The molecule has 1 fully saturated rings. The van der Waals surface area contributed by atoms with E-state index in [4.69, 9.17) is 16.3 Å². The number of H-pyrrole nitrogens is 1. The molecule has 1 amide bonds. The zero-order chi connectivity index (χ0) is 25.6. The highest BCUT2D eigenvalue weighted by Gasteiger charge is 2.20. The van der Waals surface area contributed by atoms with Crippen molar-refractivity contribution in [3.05, 3.63) is 65.3 Å². The normalized spacial score (nSPS) is 17.1. The van der Waals surface area contributed by atoms with Gasteiger partial charge in [0.2, 0.25) is 5.91 Å². The second-order valence-corrected chi connectivity index (χ2v) is 10.2. The molecule has 8 heteroatoms. The lowest BCUT2D eigenvalue weighted by atomic mass is 9.99. The second kappa shape index (κ2) is 12.0. The molecule has 0 aliphatic carbocycles. The van der Waals surface area contributed by atoms with Crippen molar-refractivity contribution in [2.24, 2.45) is 0 Å². The van der Waals surface area contributed by atoms with Crippen LogP contribution in [0.1, 0.15) is 18.4 Å². The number of aromatic nitrogens is 1. The van der Waals surface area contributed by atoms with Gasteiger partial charge in [-0.1, -0.05) is 35.9 Å². The standard InChI is InChI=1S/C29H36ClN5O2/c1-37-28-5-3-2-4-27(28)35-18-16-34(17-19-35)15-11-31-29(36)10-14-33-12-8-22(9-13-33)25-21-32-26-20-23(30)6-7-24(25)26/h2-8,20-21,32H,9-19H2,1H3,(H,31,36). The first-order valence-corrected chi connectivity index (χ1v) is 13.5. The van der Waals surface area contributed by atoms with Crippen molar-refractivity contribution in [3.63, 3.8) is 0 Å². The molecule has 3 heterocycles. The molecule has 1 saturated heterocycles. The van der Waals surface area contributed by atoms with E-state index in [1.807, 2.05) is 24.3 Å². The zero-order valence-electron chi connectivity index (χ0n) is 21.5. The number of fused-ring (bicyclic) bond motifs is 1. The molecule has 3 aromatic rings. The van der Waals surface area contributed by atoms with Crippen molar-refractivity contribution in [2.75, 3.05) is 70.9 Å². The predicted octanol–water partition coefficient (Wildman–Crippen LogP) is 4.25. The van der Waals surface area contributed by atoms with E-state index in [0.717, 1.165) is 80.8 Å². The second-order valence-electron chi connectivity index (χ2n) is 9.77. The summed E-state index contributed by atoms with van der Waals surface area (Å²) in [5.74, 6) is 1.06. The van der Waals surface area contributed by atoms with Crippen LogP contribution < -0.4 is 15.0 Å². The summed E-state index contributed by atoms with van der Waals surface area (Å²) in [6.45, 7) is 8.11. The van der Waals surface area contributed by atoms with Crippen LogP contribution in [0.2, 0.25) is 5.02 Å². The highest BCUT2D eigenvalue weighted by atomic mass is 35.5. The van der Waals surface area contributed by atoms with E-state index in [9.17, 15) is 4.79 Å². The average Bonchev–Trinajstić information content (AvgIpc) is 3.35. The number of anilines is 1. The number of ether oxygens (including phenoxy) is 1. The molecule has 5 rings (SSSR count). The van der Waals surface area contributed by atoms with Gasteiger partial charge in [0.05, 0.1) is 12.8 Å². The van der Waals surface area contributed by atoms with Gasteiger partial charge in [-0.2, -0.15) is 0 Å². The number of aromatic amines is 1. The highest BCUT2D eigenvalue weighted by Crippen LogP contribution is 2.31. The summed E-state index contributed by atoms with van der Waals surface area (Å²) in [6, 6.07) is 14.2. The van der Waals surface area contributed by atoms with E-state index in [-0.39, 0.29) is 5.91 Å². The highest BCUT2D eigenvalue weighted by molar-refractivity contribution is 6.31. The molecule has 2 aliphatic rings. The molecule has 2 aliphatic heterocycles. The number of hydrogen-bond donors (Lipinski definition) is 2. The van der Waals surface area contributed by atoms with Crippen LogP contribution in [-0.2, 0) is 4.79 Å². The van der Waals surface area contributed by atoms with Crippen LogP contribution in [0.15, 0.2) is 54.7 Å². The van der Waals surface area contributed by atoms with Gasteiger partial charge >= 0.3 is 0 Å². The molecule has 2 aromatic carbocycles. The Bertz CT molecular complexity index is 1250. The summed E-state index contributed by atoms with van der Waals surface area (Å²) in [5.41, 5.74) is 4.85. The van der Waals surface area contributed by atoms with Gasteiger partial charge in [-0.05, 0) is 36.3 Å². The minimum absolute atomic E-state index is 0.135. The van der Waals surface area contributed by atoms with Crippen LogP contribution in [0.25, 0.3) is 16.5 Å². The smallest absolute Gasteiger partial charge is 0.221 e. The fourth-order valence-corrected chi connectivity index (χ4v) is 5.50. The number of nitrogens with one attached hydrogen (secondary N) is 2. The molecule has 37 heavy (non-hydrogen) atoms. The largest absolute Gasteiger partial charge is 0.495 e. The number of halogens is 1. The van der Waals surface area contributed by atoms with Gasteiger partial charge in [0.1, 0.15) is 5.75 Å². The Morgan fingerprint density at radius 1 is 1.05 bits per heavy atom. The summed E-state index contributed by atoms with van der Waals surface area (Å²) in [6.07, 6.45) is 5.89. The minimum atomic E-state index is 0.135. The van der Waals surface area contributed by atoms with Crippen molar-refractivity contribution < 1.29 is 9.53 Å². The molecule has 7 nitrogen and oxygen atoms in total. The van der Waals surface area contributed by atoms with Crippen molar-refractivity contribution in [1.82, 2.24) is 20.1 Å². The van der Waals surface area contributed by atoms with E-state index >= 15 is 0 Å². The lowest BCUT2D eigenvalue weighted by molar-refractivity contribution is -0.121. The summed E-state index contributed by atoms with van der Waals surface area (Å²) in [4.78, 5) is 22.9. The molecule has 0 saturated carbocycles. The van der Waals surface area contributed by atoms with Crippen molar-refractivity contribution in [1.29, 1.82) is 0 Å². The Morgan fingerprint density at radius 2 is 1.89 bits per heavy atom. The third-order valence-electron chi connectivity index (χ3n) is 7.49. The van der Waals surface area contributed by atoms with Gasteiger partial charge in [0, 0.05) is 93.0 Å². The monoisotopic (exact) mass is 521 g/mol. The van der Waals surface area contributed by atoms with E-state index in [1.54, 1.807) is 7.11 Å². The Hall–Kier alpha value is -3.00. The van der Waals surface area contributed by atoms with Gasteiger partial charge in [-0.3, -0.25) is 14.6 Å². The van der Waals surface area contributed by atoms with E-state index in [2.05, 4.69) is 55.5 Å². The zero-order valence-corrected chi connectivity index (χ0v) is 22.3. The first-order valence-electron chi connectivity index (χ1n) is 13.2. The van der Waals surface area contributed by atoms with Crippen LogP contribution in [0.5, 0.6) is 5.75 Å². The SMILES string of the molecule is COc1ccccc1N1CCN(CCNC(=O)CCN2CC=C(c3c[nH]c4cc(Cl)ccc34)CC2)CC1. The summed E-state index contributed by atoms with van der Waals surface area (Å²) in [5, 5.41) is 5.07. The number of amides is 1. The molecule has 0 radical (unpaired) electrons. The van der Waals surface area contributed by atoms with Gasteiger partial charge < -0.3 is 19.9 Å². The number of methoxy groups -OCH3 is 1. The molecule has 0 atom stereocenters. The number of benzene rings is 2. The first-order chi connectivity index (χ1) is 18.1. The van der Waals surface area contributed by atoms with Gasteiger partial charge in [-0.25, -0.2) is 0 Å². The minimum Gasteiger partial charge on any atom is -0.495 e. The summed E-state index contributed by atoms with van der Waals surface area (Å²) < 4.78 is 5.51. The number of carbonyl (C=O) groups excluding carboxylic acids is 1. The summed E-state index contributed by atoms with van der Waals surface area (Å²) >= 11 is 6.12. The predicted molar refractivity (Wildman–Crippen MR) is 152 cm³/mol. The number of nitrogens with zero attached hydrogens (tertiary/aromatic N) is 3. The Balaban J connectivity index is 0.998. The molecule has 1 aromatic heterocycles. The van der Waals surface area contributed by atoms with Crippen LogP contribution in [0.4, 0.5) is 5.69 Å². The first kappa shape index (κ1) is 25.6. The Morgan fingerprint density at radius 3 is 2.68 bits per heavy atom. The number of rotatable bonds is 9. The van der Waals surface area contributed by atoms with Gasteiger partial charge in [0.15, 0.2) is 0 Å². The molecule has 2 N–H and O–H groups in total. The number of piperazine rings is 1. The molecular formula is C29H36ClN5O2. The fraction of sp³-hybridized carbons (Fsp3) is 0.414. The van der Waals surface area contributed by atoms with Crippen molar-refractivity contribution in [3.8, 4) is 5.75 Å². The van der Waals surface area contributed by atoms with Gasteiger partial charge in [-0.15, -0.1) is 0 Å². The van der Waals surface area contributed by atoms with Crippen LogP contribution in [0.3, 0.4) is 0 Å². The molecule has 0 unspecified atom stereocenters. The quantitative estimate of drug-likeness (QED) is 0.441. The molecule has 0 spiro atoms. The summed E-state index contributed by atoms with van der Waals surface area (Å²) in [7, 11) is 1.72. The van der Waals surface area contributed by atoms with Crippen LogP contribution in [-0.4, -0.2) is 86.7 Å². The Labute approximate surface area is 224 Å². The molecule has 196 valence electrons. The number of hydrogen-bond acceptors (Lipinski definition) is 5. The third kappa shape index (κ3) is 6.29. The average molecular weight is 522 g/mol. The van der Waals surface area contributed by atoms with Crippen LogP contribution in [0, 0.1) is 0 Å². The number of para-hydroxylation sites is 2. The molecule has 0 bridgehead atoms. The van der Waals surface area contributed by atoms with Crippen molar-refractivity contribution >= 4 is 39.7 Å². The van der Waals surface area contributed by atoms with E-state index in [0.29, 0.717) is 13.0 Å². The van der Waals surface area contributed by atoms with Gasteiger partial charge in [0.25, 0.3) is 0 Å². The lowest BCUT2D eigenvalue weighted by Crippen LogP contribution is -2.48. The topological polar surface area (TPSA) is 63.8 Å². The number of carbonyl (C=O) groups is 1. The van der Waals surface area contributed by atoms with Crippen molar-refractivity contribution in [2.45, 2.75) is 12.8 Å². The maximum atomic E-state index is 12.5. The maximum absolute atomic E-state index is 12.5. The maximum Gasteiger partial charge on any atom is 0.221 e.